The van der Waals surface area contributed by atoms with Crippen molar-refractivity contribution in [1.82, 2.24) is 5.32 Å². The summed E-state index contributed by atoms with van der Waals surface area (Å²) in [5, 5.41) is 11.2. The van der Waals surface area contributed by atoms with E-state index in [1.165, 1.54) is 17.0 Å². The molecule has 1 fully saturated rings. The number of benzene rings is 1. The van der Waals surface area contributed by atoms with Crippen LogP contribution in [0.2, 0.25) is 0 Å². The molecule has 2 amide bonds. The van der Waals surface area contributed by atoms with E-state index in [0.717, 1.165) is 6.07 Å². The highest BCUT2D eigenvalue weighted by Gasteiger charge is 2.33. The highest BCUT2D eigenvalue weighted by atomic mass is 19.1. The van der Waals surface area contributed by atoms with Crippen molar-refractivity contribution in [2.45, 2.75) is 32.5 Å². The van der Waals surface area contributed by atoms with Crippen molar-refractivity contribution >= 4 is 17.9 Å². The van der Waals surface area contributed by atoms with Crippen LogP contribution in [0.25, 0.3) is 0 Å². The van der Waals surface area contributed by atoms with Gasteiger partial charge in [-0.3, -0.25) is 4.90 Å². The summed E-state index contributed by atoms with van der Waals surface area (Å²) in [7, 11) is 0. The molecule has 8 heteroatoms. The Kier molecular flexibility index (Phi) is 4.93. The van der Waals surface area contributed by atoms with Gasteiger partial charge in [0.15, 0.2) is 0 Å². The van der Waals surface area contributed by atoms with E-state index in [0.29, 0.717) is 0 Å². The fourth-order valence-corrected chi connectivity index (χ4v) is 2.11. The highest BCUT2D eigenvalue weighted by Crippen LogP contribution is 2.23. The Morgan fingerprint density at radius 3 is 2.83 bits per heavy atom. The van der Waals surface area contributed by atoms with Crippen LogP contribution in [0.3, 0.4) is 0 Å². The van der Waals surface area contributed by atoms with Crippen LogP contribution >= 0.6 is 0 Å². The highest BCUT2D eigenvalue weighted by molar-refractivity contribution is 5.89. The van der Waals surface area contributed by atoms with Gasteiger partial charge in [-0.2, -0.15) is 5.26 Å². The van der Waals surface area contributed by atoms with Gasteiger partial charge in [0, 0.05) is 0 Å². The van der Waals surface area contributed by atoms with Crippen molar-refractivity contribution in [2.75, 3.05) is 18.0 Å². The number of cyclic esters (lactones) is 1. The molecule has 0 radical (unpaired) electrons. The zero-order chi connectivity index (χ0) is 17.9. The summed E-state index contributed by atoms with van der Waals surface area (Å²) in [6, 6.07) is 5.57. The molecule has 1 aromatic rings. The predicted molar refractivity (Wildman–Crippen MR) is 83.0 cm³/mol. The van der Waals surface area contributed by atoms with E-state index in [1.807, 2.05) is 0 Å². The molecule has 7 nitrogen and oxygen atoms in total. The van der Waals surface area contributed by atoms with Crippen molar-refractivity contribution < 1.29 is 23.5 Å². The first-order chi connectivity index (χ1) is 11.2. The lowest BCUT2D eigenvalue weighted by Crippen LogP contribution is -2.38. The van der Waals surface area contributed by atoms with E-state index in [2.05, 4.69) is 5.32 Å². The molecule has 0 bridgehead atoms. The molecule has 0 spiro atoms. The number of halogens is 1. The van der Waals surface area contributed by atoms with Crippen LogP contribution < -0.4 is 10.2 Å². The Morgan fingerprint density at radius 1 is 1.54 bits per heavy atom. The van der Waals surface area contributed by atoms with E-state index in [1.54, 1.807) is 26.8 Å². The van der Waals surface area contributed by atoms with Gasteiger partial charge in [-0.25, -0.2) is 14.0 Å². The van der Waals surface area contributed by atoms with Crippen LogP contribution in [-0.4, -0.2) is 37.0 Å². The molecular weight excluding hydrogens is 317 g/mol. The van der Waals surface area contributed by atoms with Gasteiger partial charge in [-0.15, -0.1) is 0 Å². The molecule has 0 aromatic heterocycles. The first-order valence-corrected chi connectivity index (χ1v) is 7.34. The minimum atomic E-state index is -0.710. The average molecular weight is 335 g/mol. The summed E-state index contributed by atoms with van der Waals surface area (Å²) >= 11 is 0. The van der Waals surface area contributed by atoms with Crippen LogP contribution in [0.5, 0.6) is 0 Å². The number of carbonyl (C=O) groups excluding carboxylic acids is 2. The van der Waals surface area contributed by atoms with Gasteiger partial charge in [0.1, 0.15) is 23.6 Å². The number of nitriles is 1. The fraction of sp³-hybridized carbons (Fsp3) is 0.438. The number of alkyl carbamates (subject to hydrolysis) is 1. The maximum absolute atomic E-state index is 13.7. The smallest absolute Gasteiger partial charge is 0.414 e. The lowest BCUT2D eigenvalue weighted by atomic mass is 10.2. The maximum Gasteiger partial charge on any atom is 0.414 e. The lowest BCUT2D eigenvalue weighted by Gasteiger charge is -2.20. The Balaban J connectivity index is 1.95. The van der Waals surface area contributed by atoms with E-state index in [-0.39, 0.29) is 24.3 Å². The molecule has 128 valence electrons. The summed E-state index contributed by atoms with van der Waals surface area (Å²) in [4.78, 5) is 24.7. The summed E-state index contributed by atoms with van der Waals surface area (Å²) in [5.74, 6) is -0.710. The minimum Gasteiger partial charge on any atom is -0.444 e. The van der Waals surface area contributed by atoms with Gasteiger partial charge >= 0.3 is 12.2 Å². The molecule has 1 N–H and O–H groups in total. The van der Waals surface area contributed by atoms with Crippen molar-refractivity contribution in [3.8, 4) is 6.07 Å². The van der Waals surface area contributed by atoms with E-state index < -0.39 is 29.7 Å². The zero-order valence-corrected chi connectivity index (χ0v) is 13.6. The van der Waals surface area contributed by atoms with Crippen LogP contribution in [-0.2, 0) is 9.47 Å². The second kappa shape index (κ2) is 6.74. The predicted octanol–water partition coefficient (Wildman–Crippen LogP) is 2.55. The number of amides is 2. The second-order valence-corrected chi connectivity index (χ2v) is 6.28. The van der Waals surface area contributed by atoms with E-state index >= 15 is 0 Å². The lowest BCUT2D eigenvalue weighted by molar-refractivity contribution is 0.0496. The number of anilines is 1. The number of rotatable bonds is 3. The Morgan fingerprint density at radius 2 is 2.25 bits per heavy atom. The third-order valence-corrected chi connectivity index (χ3v) is 3.13. The van der Waals surface area contributed by atoms with Crippen molar-refractivity contribution in [3.05, 3.63) is 29.6 Å². The second-order valence-electron chi connectivity index (χ2n) is 6.28. The summed E-state index contributed by atoms with van der Waals surface area (Å²) in [6.45, 7) is 5.45. The average Bonchev–Trinajstić information content (AvgIpc) is 2.84. The maximum atomic E-state index is 13.7. The largest absolute Gasteiger partial charge is 0.444 e. The molecule has 1 aromatic carbocycles. The molecule has 1 aliphatic rings. The summed E-state index contributed by atoms with van der Waals surface area (Å²) < 4.78 is 23.9. The topological polar surface area (TPSA) is 91.7 Å². The number of nitrogens with one attached hydrogen (secondary N) is 1. The van der Waals surface area contributed by atoms with Crippen molar-refractivity contribution in [3.63, 3.8) is 0 Å². The van der Waals surface area contributed by atoms with Gasteiger partial charge in [-0.05, 0) is 39.0 Å². The van der Waals surface area contributed by atoms with Crippen LogP contribution in [0.1, 0.15) is 26.3 Å². The Hall–Kier alpha value is -2.82. The Bertz CT molecular complexity index is 694. The fourth-order valence-electron chi connectivity index (χ4n) is 2.11. The molecule has 1 aliphatic heterocycles. The van der Waals surface area contributed by atoms with Crippen molar-refractivity contribution in [1.29, 1.82) is 5.26 Å². The van der Waals surface area contributed by atoms with Crippen LogP contribution in [0.15, 0.2) is 18.2 Å². The molecule has 0 unspecified atom stereocenters. The van der Waals surface area contributed by atoms with Crippen LogP contribution in [0.4, 0.5) is 19.7 Å². The molecular formula is C16H18FN3O4. The molecule has 1 saturated heterocycles. The minimum absolute atomic E-state index is 0.0793. The first-order valence-electron chi connectivity index (χ1n) is 7.34. The number of hydrogen-bond acceptors (Lipinski definition) is 5. The standard InChI is InChI=1S/C16H18FN3O4/c1-16(2,3)24-14(21)19-8-12-9-20(15(22)23-12)11-5-4-10(7-18)13(17)6-11/h4-6,12H,8-9H2,1-3H3,(H,19,21)/t12-/m0/s1. The number of nitrogens with zero attached hydrogens (tertiary/aromatic N) is 2. The first kappa shape index (κ1) is 17.5. The molecule has 24 heavy (non-hydrogen) atoms. The summed E-state index contributed by atoms with van der Waals surface area (Å²) in [6.07, 6.45) is -1.83. The molecule has 1 heterocycles. The number of carbonyl (C=O) groups is 2. The van der Waals surface area contributed by atoms with Crippen molar-refractivity contribution in [2.24, 2.45) is 0 Å². The molecule has 0 saturated carbocycles. The van der Waals surface area contributed by atoms with Gasteiger partial charge in [0.2, 0.25) is 0 Å². The summed E-state index contributed by atoms with van der Waals surface area (Å²) in [5.41, 5.74) is -0.437. The van der Waals surface area contributed by atoms with E-state index in [4.69, 9.17) is 14.7 Å². The van der Waals surface area contributed by atoms with Gasteiger partial charge in [-0.1, -0.05) is 0 Å². The van der Waals surface area contributed by atoms with Gasteiger partial charge < -0.3 is 14.8 Å². The molecule has 2 rings (SSSR count). The molecule has 1 atom stereocenters. The monoisotopic (exact) mass is 335 g/mol. The SMILES string of the molecule is CC(C)(C)OC(=O)NC[C@H]1CN(c2ccc(C#N)c(F)c2)C(=O)O1. The third kappa shape index (κ3) is 4.35. The molecule has 0 aliphatic carbocycles. The van der Waals surface area contributed by atoms with Gasteiger partial charge in [0.05, 0.1) is 24.3 Å². The van der Waals surface area contributed by atoms with E-state index in [9.17, 15) is 14.0 Å². The number of hydrogen-bond donors (Lipinski definition) is 1. The Labute approximate surface area is 138 Å². The third-order valence-electron chi connectivity index (χ3n) is 3.13. The van der Waals surface area contributed by atoms with Gasteiger partial charge in [0.25, 0.3) is 0 Å². The van der Waals surface area contributed by atoms with Crippen LogP contribution in [0, 0.1) is 17.1 Å². The zero-order valence-electron chi connectivity index (χ0n) is 13.6. The quantitative estimate of drug-likeness (QED) is 0.916. The number of ether oxygens (including phenoxy) is 2. The normalized spacial score (nSPS) is 17.2.